The van der Waals surface area contributed by atoms with E-state index in [9.17, 15) is 9.59 Å². The Bertz CT molecular complexity index is 682. The van der Waals surface area contributed by atoms with Gasteiger partial charge in [-0.15, -0.1) is 23.1 Å². The highest BCUT2D eigenvalue weighted by Gasteiger charge is 2.15. The summed E-state index contributed by atoms with van der Waals surface area (Å²) in [6, 6.07) is 9.47. The number of benzene rings is 1. The summed E-state index contributed by atoms with van der Waals surface area (Å²) < 4.78 is 9.80. The van der Waals surface area contributed by atoms with E-state index in [-0.39, 0.29) is 5.91 Å². The van der Waals surface area contributed by atoms with Gasteiger partial charge in [-0.3, -0.25) is 4.79 Å². The predicted molar refractivity (Wildman–Crippen MR) is 97.2 cm³/mol. The number of thioether (sulfide) groups is 1. The summed E-state index contributed by atoms with van der Waals surface area (Å²) in [5.74, 6) is 1.13. The average Bonchev–Trinajstić information content (AvgIpc) is 3.06. The molecule has 0 fully saturated rings. The van der Waals surface area contributed by atoms with Crippen LogP contribution in [0.3, 0.4) is 0 Å². The van der Waals surface area contributed by atoms with Crippen LogP contribution in [0.25, 0.3) is 0 Å². The molecule has 1 aromatic heterocycles. The minimum absolute atomic E-state index is 0.0991. The smallest absolute Gasteiger partial charge is 0.340 e. The molecule has 2 rings (SSSR count). The number of carbonyl (C=O) groups excluding carboxylic acids is 2. The van der Waals surface area contributed by atoms with Crippen LogP contribution in [0.2, 0.25) is 0 Å². The molecule has 0 aliphatic rings. The number of ether oxygens (including phenoxy) is 2. The summed E-state index contributed by atoms with van der Waals surface area (Å²) >= 11 is 3.01. The number of anilines is 1. The molecule has 1 heterocycles. The summed E-state index contributed by atoms with van der Waals surface area (Å²) in [5.41, 5.74) is 0.392. The Morgan fingerprint density at radius 3 is 2.58 bits per heavy atom. The van der Waals surface area contributed by atoms with Gasteiger partial charge in [0.2, 0.25) is 5.91 Å². The Balaban J connectivity index is 1.73. The van der Waals surface area contributed by atoms with E-state index < -0.39 is 5.97 Å². The summed E-state index contributed by atoms with van der Waals surface area (Å²) in [6.45, 7) is 0. The van der Waals surface area contributed by atoms with Crippen molar-refractivity contribution in [2.24, 2.45) is 0 Å². The molecule has 0 spiro atoms. The van der Waals surface area contributed by atoms with E-state index in [0.29, 0.717) is 17.0 Å². The highest BCUT2D eigenvalue weighted by atomic mass is 32.2. The van der Waals surface area contributed by atoms with Gasteiger partial charge in [-0.25, -0.2) is 4.79 Å². The Labute approximate surface area is 149 Å². The lowest BCUT2D eigenvalue weighted by atomic mass is 10.3. The number of thiophene rings is 1. The largest absolute Gasteiger partial charge is 0.497 e. The lowest BCUT2D eigenvalue weighted by molar-refractivity contribution is -0.116. The van der Waals surface area contributed by atoms with Gasteiger partial charge in [-0.2, -0.15) is 0 Å². The fourth-order valence-electron chi connectivity index (χ4n) is 1.96. The number of amides is 1. The van der Waals surface area contributed by atoms with Crippen molar-refractivity contribution in [3.8, 4) is 5.75 Å². The zero-order valence-electron chi connectivity index (χ0n) is 13.5. The SMILES string of the molecule is COC(=O)c1ccsc1NC(=O)CCCSc1ccc(OC)cc1. The number of hydrogen-bond donors (Lipinski definition) is 1. The maximum Gasteiger partial charge on any atom is 0.340 e. The molecule has 2 aromatic rings. The van der Waals surface area contributed by atoms with E-state index in [0.717, 1.165) is 22.8 Å². The molecule has 1 aromatic carbocycles. The maximum absolute atomic E-state index is 12.0. The average molecular weight is 365 g/mol. The summed E-state index contributed by atoms with van der Waals surface area (Å²) in [7, 11) is 2.96. The minimum atomic E-state index is -0.443. The first-order valence-corrected chi connectivity index (χ1v) is 9.23. The van der Waals surface area contributed by atoms with Crippen molar-refractivity contribution in [3.63, 3.8) is 0 Å². The van der Waals surface area contributed by atoms with Crippen LogP contribution in [-0.2, 0) is 9.53 Å². The van der Waals surface area contributed by atoms with Gasteiger partial charge < -0.3 is 14.8 Å². The fraction of sp³-hybridized carbons (Fsp3) is 0.294. The Morgan fingerprint density at radius 2 is 1.92 bits per heavy atom. The van der Waals surface area contributed by atoms with Crippen LogP contribution in [0.4, 0.5) is 5.00 Å². The molecule has 24 heavy (non-hydrogen) atoms. The number of nitrogens with one attached hydrogen (secondary N) is 1. The van der Waals surface area contributed by atoms with Crippen molar-refractivity contribution in [2.75, 3.05) is 25.3 Å². The van der Waals surface area contributed by atoms with Crippen LogP contribution in [0.15, 0.2) is 40.6 Å². The lowest BCUT2D eigenvalue weighted by Crippen LogP contribution is -2.13. The summed E-state index contributed by atoms with van der Waals surface area (Å²) in [4.78, 5) is 24.7. The highest BCUT2D eigenvalue weighted by molar-refractivity contribution is 7.99. The van der Waals surface area contributed by atoms with E-state index in [1.54, 1.807) is 30.3 Å². The van der Waals surface area contributed by atoms with Gasteiger partial charge in [0.1, 0.15) is 10.8 Å². The first-order chi connectivity index (χ1) is 11.6. The number of esters is 1. The van der Waals surface area contributed by atoms with Crippen LogP contribution in [-0.4, -0.2) is 31.8 Å². The van der Waals surface area contributed by atoms with E-state index in [1.807, 2.05) is 24.3 Å². The zero-order chi connectivity index (χ0) is 17.4. The number of methoxy groups -OCH3 is 2. The first kappa shape index (κ1) is 18.4. The standard InChI is InChI=1S/C17H19NO4S2/c1-21-12-5-7-13(8-6-12)23-10-3-4-15(19)18-16-14(9-11-24-16)17(20)22-2/h5-9,11H,3-4,10H2,1-2H3,(H,18,19). The van der Waals surface area contributed by atoms with Crippen molar-refractivity contribution < 1.29 is 19.1 Å². The molecule has 0 unspecified atom stereocenters. The molecule has 5 nitrogen and oxygen atoms in total. The van der Waals surface area contributed by atoms with Crippen LogP contribution >= 0.6 is 23.1 Å². The molecule has 1 N–H and O–H groups in total. The van der Waals surface area contributed by atoms with Crippen LogP contribution in [0.5, 0.6) is 5.75 Å². The fourth-order valence-corrected chi connectivity index (χ4v) is 3.60. The van der Waals surface area contributed by atoms with Crippen molar-refractivity contribution in [2.45, 2.75) is 17.7 Å². The lowest BCUT2D eigenvalue weighted by Gasteiger charge is -2.06. The van der Waals surface area contributed by atoms with E-state index in [1.165, 1.54) is 18.4 Å². The molecule has 0 radical (unpaired) electrons. The zero-order valence-corrected chi connectivity index (χ0v) is 15.2. The third-order valence-corrected chi connectivity index (χ3v) is 5.13. The molecule has 0 saturated heterocycles. The Kier molecular flexibility index (Phi) is 7.14. The minimum Gasteiger partial charge on any atom is -0.497 e. The summed E-state index contributed by atoms with van der Waals surface area (Å²) in [5, 5.41) is 5.06. The molecule has 1 amide bonds. The van der Waals surface area contributed by atoms with E-state index >= 15 is 0 Å². The molecule has 0 bridgehead atoms. The van der Waals surface area contributed by atoms with Crippen molar-refractivity contribution in [1.82, 2.24) is 0 Å². The van der Waals surface area contributed by atoms with Gasteiger partial charge >= 0.3 is 5.97 Å². The summed E-state index contributed by atoms with van der Waals surface area (Å²) in [6.07, 6.45) is 1.16. The molecular formula is C17H19NO4S2. The molecule has 0 aliphatic heterocycles. The van der Waals surface area contributed by atoms with Crippen LogP contribution < -0.4 is 10.1 Å². The van der Waals surface area contributed by atoms with Gasteiger partial charge in [0.05, 0.1) is 19.8 Å². The monoisotopic (exact) mass is 365 g/mol. The van der Waals surface area contributed by atoms with Gasteiger partial charge in [0, 0.05) is 11.3 Å². The Morgan fingerprint density at radius 1 is 1.17 bits per heavy atom. The third kappa shape index (κ3) is 5.28. The van der Waals surface area contributed by atoms with Crippen LogP contribution in [0.1, 0.15) is 23.2 Å². The number of carbonyl (C=O) groups is 2. The van der Waals surface area contributed by atoms with Gasteiger partial charge in [0.15, 0.2) is 0 Å². The number of rotatable bonds is 8. The van der Waals surface area contributed by atoms with Crippen molar-refractivity contribution in [3.05, 3.63) is 41.3 Å². The molecule has 7 heteroatoms. The first-order valence-electron chi connectivity index (χ1n) is 7.36. The second-order valence-electron chi connectivity index (χ2n) is 4.83. The molecule has 0 atom stereocenters. The van der Waals surface area contributed by atoms with E-state index in [2.05, 4.69) is 10.1 Å². The predicted octanol–water partition coefficient (Wildman–Crippen LogP) is 4.05. The normalized spacial score (nSPS) is 10.2. The maximum atomic E-state index is 12.0. The molecular weight excluding hydrogens is 346 g/mol. The van der Waals surface area contributed by atoms with Gasteiger partial charge in [-0.05, 0) is 47.9 Å². The van der Waals surface area contributed by atoms with Crippen molar-refractivity contribution >= 4 is 40.0 Å². The molecule has 128 valence electrons. The topological polar surface area (TPSA) is 64.6 Å². The second kappa shape index (κ2) is 9.34. The Hall–Kier alpha value is -1.99. The van der Waals surface area contributed by atoms with Crippen molar-refractivity contribution in [1.29, 1.82) is 0 Å². The second-order valence-corrected chi connectivity index (χ2v) is 6.92. The van der Waals surface area contributed by atoms with Gasteiger partial charge in [-0.1, -0.05) is 0 Å². The van der Waals surface area contributed by atoms with Crippen LogP contribution in [0, 0.1) is 0 Å². The highest BCUT2D eigenvalue weighted by Crippen LogP contribution is 2.25. The number of hydrogen-bond acceptors (Lipinski definition) is 6. The van der Waals surface area contributed by atoms with E-state index in [4.69, 9.17) is 4.74 Å². The van der Waals surface area contributed by atoms with Gasteiger partial charge in [0.25, 0.3) is 0 Å². The quantitative estimate of drug-likeness (QED) is 0.434. The molecule has 0 aliphatic carbocycles. The third-order valence-electron chi connectivity index (χ3n) is 3.20. The molecule has 0 saturated carbocycles.